The summed E-state index contributed by atoms with van der Waals surface area (Å²) in [4.78, 5) is 0. The first-order chi connectivity index (χ1) is 20.7. The van der Waals surface area contributed by atoms with E-state index in [1.165, 1.54) is 75.3 Å². The van der Waals surface area contributed by atoms with Crippen molar-refractivity contribution in [3.05, 3.63) is 59.2 Å². The van der Waals surface area contributed by atoms with E-state index >= 15 is 0 Å². The second-order valence-corrected chi connectivity index (χ2v) is 16.8. The summed E-state index contributed by atoms with van der Waals surface area (Å²) in [6, 6.07) is 10.3. The fourth-order valence-corrected chi connectivity index (χ4v) is 12.6. The normalized spacial score (nSPS) is 45.7. The van der Waals surface area contributed by atoms with Gasteiger partial charge in [0, 0.05) is 17.6 Å². The molecule has 0 aromatic heterocycles. The Morgan fingerprint density at radius 2 is 1.67 bits per heavy atom. The van der Waals surface area contributed by atoms with Crippen molar-refractivity contribution in [1.82, 2.24) is 0 Å². The van der Waals surface area contributed by atoms with Gasteiger partial charge >= 0.3 is 0 Å². The fourth-order valence-electron chi connectivity index (χ4n) is 12.6. The van der Waals surface area contributed by atoms with Crippen LogP contribution in [0.25, 0.3) is 0 Å². The Morgan fingerprint density at radius 3 is 2.44 bits per heavy atom. The molecular formula is C40H58FNO. The van der Waals surface area contributed by atoms with Crippen LogP contribution in [0.15, 0.2) is 53.6 Å². The van der Waals surface area contributed by atoms with Gasteiger partial charge in [-0.2, -0.15) is 0 Å². The predicted octanol–water partition coefficient (Wildman–Crippen LogP) is 9.98. The van der Waals surface area contributed by atoms with Gasteiger partial charge < -0.3 is 10.5 Å². The molecule has 3 heteroatoms. The summed E-state index contributed by atoms with van der Waals surface area (Å²) in [5.74, 6) is 4.76. The van der Waals surface area contributed by atoms with Gasteiger partial charge in [0.2, 0.25) is 0 Å². The molecule has 43 heavy (non-hydrogen) atoms. The highest BCUT2D eigenvalue weighted by molar-refractivity contribution is 5.38. The Hall–Kier alpha value is -1.45. The number of rotatable bonds is 7. The zero-order chi connectivity index (χ0) is 29.9. The molecule has 0 saturated heterocycles. The summed E-state index contributed by atoms with van der Waals surface area (Å²) in [7, 11) is 0. The molecule has 0 amide bonds. The minimum absolute atomic E-state index is 0.158. The van der Waals surface area contributed by atoms with Crippen molar-refractivity contribution in [2.24, 2.45) is 57.5 Å². The molecule has 6 aliphatic rings. The second kappa shape index (κ2) is 11.4. The zero-order valence-electron chi connectivity index (χ0n) is 27.4. The second-order valence-electron chi connectivity index (χ2n) is 16.8. The van der Waals surface area contributed by atoms with Crippen molar-refractivity contribution in [2.45, 2.75) is 123 Å². The monoisotopic (exact) mass is 587 g/mol. The number of benzene rings is 1. The smallest absolute Gasteiger partial charge is 0.0954 e. The molecule has 236 valence electrons. The van der Waals surface area contributed by atoms with Gasteiger partial charge in [0.1, 0.15) is 0 Å². The molecule has 0 spiro atoms. The first kappa shape index (κ1) is 30.2. The van der Waals surface area contributed by atoms with Crippen molar-refractivity contribution in [3.63, 3.8) is 0 Å². The van der Waals surface area contributed by atoms with Crippen LogP contribution in [0, 0.1) is 51.8 Å². The largest absolute Gasteiger partial charge is 0.377 e. The van der Waals surface area contributed by atoms with Crippen molar-refractivity contribution >= 4 is 0 Å². The van der Waals surface area contributed by atoms with E-state index in [2.05, 4.69) is 45.1 Å². The molecule has 2 N–H and O–H groups in total. The number of hydrogen-bond donors (Lipinski definition) is 1. The van der Waals surface area contributed by atoms with E-state index in [-0.39, 0.29) is 17.6 Å². The van der Waals surface area contributed by atoms with E-state index in [1.807, 2.05) is 18.2 Å². The van der Waals surface area contributed by atoms with Crippen LogP contribution >= 0.6 is 0 Å². The van der Waals surface area contributed by atoms with E-state index in [1.54, 1.807) is 5.57 Å². The lowest BCUT2D eigenvalue weighted by atomic mass is 9.38. The quantitative estimate of drug-likeness (QED) is 0.322. The Kier molecular flexibility index (Phi) is 8.02. The maximum Gasteiger partial charge on any atom is 0.0954 e. The topological polar surface area (TPSA) is 35.2 Å². The van der Waals surface area contributed by atoms with E-state index < -0.39 is 0 Å². The molecule has 0 aliphatic heterocycles. The zero-order valence-corrected chi connectivity index (χ0v) is 27.4. The van der Waals surface area contributed by atoms with Gasteiger partial charge in [0.15, 0.2) is 0 Å². The molecule has 6 aliphatic carbocycles. The third-order valence-corrected chi connectivity index (χ3v) is 15.0. The Morgan fingerprint density at radius 1 is 0.860 bits per heavy atom. The first-order valence-corrected chi connectivity index (χ1v) is 18.1. The van der Waals surface area contributed by atoms with Gasteiger partial charge in [-0.05, 0) is 147 Å². The molecule has 0 radical (unpaired) electrons. The molecular weight excluding hydrogens is 529 g/mol. The molecule has 0 bridgehead atoms. The van der Waals surface area contributed by atoms with Crippen LogP contribution in [-0.4, -0.2) is 18.8 Å². The molecule has 8 unspecified atom stereocenters. The molecule has 7 rings (SSSR count). The van der Waals surface area contributed by atoms with Crippen LogP contribution in [0.2, 0.25) is 0 Å². The number of fused-ring (bicyclic) bond motifs is 7. The number of alkyl halides is 1. The van der Waals surface area contributed by atoms with E-state index in [4.69, 9.17) is 10.5 Å². The van der Waals surface area contributed by atoms with Gasteiger partial charge in [-0.15, -0.1) is 0 Å². The van der Waals surface area contributed by atoms with Crippen molar-refractivity contribution in [1.29, 1.82) is 0 Å². The minimum atomic E-state index is -0.251. The fraction of sp³-hybridized carbons (Fsp3) is 0.750. The molecule has 4 fully saturated rings. The van der Waals surface area contributed by atoms with Crippen LogP contribution < -0.4 is 5.73 Å². The van der Waals surface area contributed by atoms with Gasteiger partial charge in [-0.25, -0.2) is 0 Å². The molecule has 1 aromatic rings. The number of nitrogens with two attached hydrogens (primary N) is 1. The lowest BCUT2D eigenvalue weighted by molar-refractivity contribution is -0.164. The van der Waals surface area contributed by atoms with Crippen molar-refractivity contribution < 1.29 is 9.13 Å². The molecule has 1 aromatic carbocycles. The number of ether oxygens (including phenoxy) is 1. The molecule has 10 atom stereocenters. The number of halogens is 1. The highest BCUT2D eigenvalue weighted by atomic mass is 19.1. The maximum absolute atomic E-state index is 14.5. The van der Waals surface area contributed by atoms with Crippen LogP contribution in [0.1, 0.15) is 116 Å². The van der Waals surface area contributed by atoms with E-state index in [0.717, 1.165) is 55.3 Å². The van der Waals surface area contributed by atoms with E-state index in [0.29, 0.717) is 30.0 Å². The Labute approximate surface area is 261 Å². The van der Waals surface area contributed by atoms with Crippen LogP contribution in [0.5, 0.6) is 0 Å². The standard InChI is InChI=1S/C40H58FNO/c1-28-31(30-13-21-39(27-41,22-14-30)24-25-43-26-29-8-5-4-6-9-29)15-19-37(2)33(28)16-20-38(3)34-17-23-40(42)18-7-10-35(40)32(34)11-12-36(37)38/h4-6,8-9,13,15,28,32-36H,7,10-12,14,16-27,42H2,1-3H3/t28?,32?,33?,34?,35-,36?,37?,38?,39+,40?/m1/s1. The summed E-state index contributed by atoms with van der Waals surface area (Å²) in [6.07, 6.45) is 22.3. The lowest BCUT2D eigenvalue weighted by Gasteiger charge is -2.67. The third kappa shape index (κ3) is 5.02. The van der Waals surface area contributed by atoms with Crippen molar-refractivity contribution in [3.8, 4) is 0 Å². The van der Waals surface area contributed by atoms with Crippen molar-refractivity contribution in [2.75, 3.05) is 13.3 Å². The van der Waals surface area contributed by atoms with Gasteiger partial charge in [0.05, 0.1) is 13.3 Å². The van der Waals surface area contributed by atoms with Gasteiger partial charge in [-0.1, -0.05) is 69.7 Å². The summed E-state index contributed by atoms with van der Waals surface area (Å²) < 4.78 is 20.5. The predicted molar refractivity (Wildman–Crippen MR) is 175 cm³/mol. The first-order valence-electron chi connectivity index (χ1n) is 18.1. The van der Waals surface area contributed by atoms with Gasteiger partial charge in [-0.3, -0.25) is 4.39 Å². The van der Waals surface area contributed by atoms with Crippen LogP contribution in [0.4, 0.5) is 4.39 Å². The summed E-state index contributed by atoms with van der Waals surface area (Å²) in [5, 5.41) is 0. The van der Waals surface area contributed by atoms with Crippen LogP contribution in [0.3, 0.4) is 0 Å². The highest BCUT2D eigenvalue weighted by Crippen LogP contribution is 2.70. The summed E-state index contributed by atoms with van der Waals surface area (Å²) in [5.41, 5.74) is 12.2. The Balaban J connectivity index is 1.03. The minimum Gasteiger partial charge on any atom is -0.377 e. The number of allylic oxidation sites excluding steroid dienone is 4. The van der Waals surface area contributed by atoms with Gasteiger partial charge in [0.25, 0.3) is 0 Å². The average molecular weight is 588 g/mol. The highest BCUT2D eigenvalue weighted by Gasteiger charge is 2.63. The van der Waals surface area contributed by atoms with Crippen LogP contribution in [-0.2, 0) is 11.3 Å². The average Bonchev–Trinajstić information content (AvgIpc) is 3.42. The maximum atomic E-state index is 14.5. The summed E-state index contributed by atoms with van der Waals surface area (Å²) >= 11 is 0. The molecule has 0 heterocycles. The van der Waals surface area contributed by atoms with E-state index in [9.17, 15) is 4.39 Å². The summed E-state index contributed by atoms with van der Waals surface area (Å²) in [6.45, 7) is 8.96. The molecule has 2 nitrogen and oxygen atoms in total. The lowest BCUT2D eigenvalue weighted by Crippen LogP contribution is -2.62. The molecule has 4 saturated carbocycles. The third-order valence-electron chi connectivity index (χ3n) is 15.0. The SMILES string of the molecule is CC1C(C2=CC[C@@](CF)(CCOCc3ccccc3)CC2)=CCC2(C)C1CCC1(C)C3CCC4(N)CCC[C@@H]4C3CCC21. The Bertz CT molecular complexity index is 1220. The number of hydrogen-bond acceptors (Lipinski definition) is 2.